The Morgan fingerprint density at radius 2 is 1.26 bits per heavy atom. The first-order valence-corrected chi connectivity index (χ1v) is 7.58. The highest BCUT2D eigenvalue weighted by atomic mass is 35.5. The summed E-state index contributed by atoms with van der Waals surface area (Å²) >= 11 is 0. The summed E-state index contributed by atoms with van der Waals surface area (Å²) < 4.78 is 6.37. The van der Waals surface area contributed by atoms with Gasteiger partial charge in [-0.2, -0.15) is 0 Å². The SMILES string of the molecule is CCOCC[N+](C)(C)Cc1ccccc1.O.[Cl-].c1ccccc1. The average molecular weight is 340 g/mol. The lowest BCUT2D eigenvalue weighted by atomic mass is 10.2. The Kier molecular flexibility index (Phi) is 14.8. The molecule has 130 valence electrons. The average Bonchev–Trinajstić information content (AvgIpc) is 2.50. The molecule has 0 fully saturated rings. The minimum atomic E-state index is 0. The molecule has 0 spiro atoms. The molecule has 0 bridgehead atoms. The Hall–Kier alpha value is -1.39. The quantitative estimate of drug-likeness (QED) is 0.546. The second kappa shape index (κ2) is 14.2. The highest BCUT2D eigenvalue weighted by Gasteiger charge is 2.14. The molecule has 3 nitrogen and oxygen atoms in total. The number of quaternary nitrogens is 1. The molecule has 0 aliphatic heterocycles. The lowest BCUT2D eigenvalue weighted by Gasteiger charge is -2.29. The van der Waals surface area contributed by atoms with Crippen molar-refractivity contribution in [2.75, 3.05) is 33.9 Å². The highest BCUT2D eigenvalue weighted by molar-refractivity contribution is 5.13. The largest absolute Gasteiger partial charge is 1.00 e. The molecule has 0 aliphatic rings. The Morgan fingerprint density at radius 3 is 1.70 bits per heavy atom. The van der Waals surface area contributed by atoms with Gasteiger partial charge in [-0.15, -0.1) is 0 Å². The zero-order valence-electron chi connectivity index (χ0n) is 14.4. The topological polar surface area (TPSA) is 40.7 Å². The number of halogens is 1. The second-order valence-electron chi connectivity index (χ2n) is 5.65. The summed E-state index contributed by atoms with van der Waals surface area (Å²) in [5.41, 5.74) is 1.39. The number of hydrogen-bond acceptors (Lipinski definition) is 1. The van der Waals surface area contributed by atoms with Gasteiger partial charge < -0.3 is 27.1 Å². The van der Waals surface area contributed by atoms with Crippen molar-refractivity contribution in [3.8, 4) is 0 Å². The van der Waals surface area contributed by atoms with Crippen molar-refractivity contribution in [3.63, 3.8) is 0 Å². The van der Waals surface area contributed by atoms with Gasteiger partial charge in [-0.1, -0.05) is 66.7 Å². The molecule has 2 aromatic carbocycles. The van der Waals surface area contributed by atoms with Gasteiger partial charge in [0.25, 0.3) is 0 Å². The number of benzene rings is 2. The van der Waals surface area contributed by atoms with E-state index in [1.807, 2.05) is 43.3 Å². The molecular weight excluding hydrogens is 310 g/mol. The van der Waals surface area contributed by atoms with Crippen molar-refractivity contribution in [1.82, 2.24) is 0 Å². The molecule has 0 saturated carbocycles. The van der Waals surface area contributed by atoms with Crippen LogP contribution in [-0.4, -0.2) is 43.8 Å². The summed E-state index contributed by atoms with van der Waals surface area (Å²) in [4.78, 5) is 0. The molecule has 0 heterocycles. The van der Waals surface area contributed by atoms with Crippen molar-refractivity contribution in [3.05, 3.63) is 72.3 Å². The first-order chi connectivity index (χ1) is 10.1. The molecule has 0 amide bonds. The highest BCUT2D eigenvalue weighted by Crippen LogP contribution is 2.08. The maximum absolute atomic E-state index is 5.39. The van der Waals surface area contributed by atoms with Gasteiger partial charge in [0.2, 0.25) is 0 Å². The van der Waals surface area contributed by atoms with E-state index < -0.39 is 0 Å². The fourth-order valence-corrected chi connectivity index (χ4v) is 2.00. The third kappa shape index (κ3) is 12.8. The predicted octanol–water partition coefficient (Wildman–Crippen LogP) is 0.165. The number of hydrogen-bond donors (Lipinski definition) is 0. The van der Waals surface area contributed by atoms with E-state index in [0.29, 0.717) is 0 Å². The molecule has 2 aromatic rings. The standard InChI is InChI=1S/C13H22NO.C6H6.ClH.H2O/c1-4-15-11-10-14(2,3)12-13-8-6-5-7-9-13;1-2-4-6-5-3-1;;/h5-9H,4,10-12H2,1-3H3;1-6H;1H;1H2/q+1;;;/p-1. The molecule has 0 radical (unpaired) electrons. The van der Waals surface area contributed by atoms with E-state index in [2.05, 4.69) is 44.4 Å². The van der Waals surface area contributed by atoms with Crippen molar-refractivity contribution < 1.29 is 27.1 Å². The second-order valence-corrected chi connectivity index (χ2v) is 5.65. The van der Waals surface area contributed by atoms with E-state index >= 15 is 0 Å². The van der Waals surface area contributed by atoms with Gasteiger partial charge >= 0.3 is 0 Å². The van der Waals surface area contributed by atoms with Gasteiger partial charge in [0.05, 0.1) is 20.7 Å². The van der Waals surface area contributed by atoms with Crippen LogP contribution in [0.2, 0.25) is 0 Å². The van der Waals surface area contributed by atoms with Crippen LogP contribution in [0.25, 0.3) is 0 Å². The Balaban J connectivity index is 0. The molecular formula is C19H30ClNO2. The van der Waals surface area contributed by atoms with Crippen LogP contribution < -0.4 is 12.4 Å². The van der Waals surface area contributed by atoms with E-state index in [1.165, 1.54) is 5.56 Å². The van der Waals surface area contributed by atoms with E-state index in [1.54, 1.807) is 0 Å². The zero-order chi connectivity index (χ0) is 15.4. The maximum atomic E-state index is 5.39. The summed E-state index contributed by atoms with van der Waals surface area (Å²) in [6, 6.07) is 22.6. The molecule has 0 aromatic heterocycles. The summed E-state index contributed by atoms with van der Waals surface area (Å²) in [5.74, 6) is 0. The molecule has 23 heavy (non-hydrogen) atoms. The normalized spacial score (nSPS) is 9.70. The molecule has 0 unspecified atom stereocenters. The molecule has 4 heteroatoms. The van der Waals surface area contributed by atoms with Gasteiger partial charge in [-0.25, -0.2) is 0 Å². The van der Waals surface area contributed by atoms with Crippen LogP contribution in [0.3, 0.4) is 0 Å². The summed E-state index contributed by atoms with van der Waals surface area (Å²) in [6.07, 6.45) is 0. The lowest BCUT2D eigenvalue weighted by molar-refractivity contribution is -0.904. The number of rotatable bonds is 6. The van der Waals surface area contributed by atoms with Crippen molar-refractivity contribution in [2.45, 2.75) is 13.5 Å². The van der Waals surface area contributed by atoms with Gasteiger partial charge in [0.15, 0.2) is 0 Å². The Bertz CT molecular complexity index is 437. The Labute approximate surface area is 147 Å². The van der Waals surface area contributed by atoms with Crippen molar-refractivity contribution >= 4 is 0 Å². The van der Waals surface area contributed by atoms with Gasteiger partial charge in [0.1, 0.15) is 13.1 Å². The van der Waals surface area contributed by atoms with Crippen LogP contribution >= 0.6 is 0 Å². The van der Waals surface area contributed by atoms with Crippen LogP contribution in [0.4, 0.5) is 0 Å². The van der Waals surface area contributed by atoms with E-state index in [9.17, 15) is 0 Å². The van der Waals surface area contributed by atoms with E-state index in [0.717, 1.165) is 30.8 Å². The maximum Gasteiger partial charge on any atom is 0.104 e. The predicted molar refractivity (Wildman–Crippen MR) is 93.7 cm³/mol. The van der Waals surface area contributed by atoms with Crippen LogP contribution in [0, 0.1) is 0 Å². The molecule has 0 saturated heterocycles. The fourth-order valence-electron chi connectivity index (χ4n) is 2.00. The number of likely N-dealkylation sites (N-methyl/N-ethyl adjacent to an activating group) is 1. The molecule has 2 rings (SSSR count). The van der Waals surface area contributed by atoms with Crippen LogP contribution in [-0.2, 0) is 11.3 Å². The van der Waals surface area contributed by atoms with Crippen molar-refractivity contribution in [2.24, 2.45) is 0 Å². The van der Waals surface area contributed by atoms with Gasteiger partial charge in [-0.05, 0) is 6.92 Å². The third-order valence-electron chi connectivity index (χ3n) is 3.17. The molecule has 0 aliphatic carbocycles. The number of ether oxygens (including phenoxy) is 1. The van der Waals surface area contributed by atoms with Gasteiger partial charge in [0, 0.05) is 12.2 Å². The van der Waals surface area contributed by atoms with Crippen molar-refractivity contribution in [1.29, 1.82) is 0 Å². The minimum absolute atomic E-state index is 0. The summed E-state index contributed by atoms with van der Waals surface area (Å²) in [6.45, 7) is 5.81. The molecule has 0 atom stereocenters. The molecule has 2 N–H and O–H groups in total. The van der Waals surface area contributed by atoms with Crippen LogP contribution in [0.1, 0.15) is 12.5 Å². The smallest absolute Gasteiger partial charge is 0.104 e. The van der Waals surface area contributed by atoms with Crippen LogP contribution in [0.15, 0.2) is 66.7 Å². The van der Waals surface area contributed by atoms with E-state index in [-0.39, 0.29) is 17.9 Å². The zero-order valence-corrected chi connectivity index (χ0v) is 15.2. The van der Waals surface area contributed by atoms with E-state index in [4.69, 9.17) is 4.74 Å². The monoisotopic (exact) mass is 339 g/mol. The first kappa shape index (κ1) is 23.9. The summed E-state index contributed by atoms with van der Waals surface area (Å²) in [5, 5.41) is 0. The van der Waals surface area contributed by atoms with Gasteiger partial charge in [-0.3, -0.25) is 0 Å². The summed E-state index contributed by atoms with van der Waals surface area (Å²) in [7, 11) is 4.48. The lowest BCUT2D eigenvalue weighted by Crippen LogP contribution is -3.00. The number of nitrogens with zero attached hydrogens (tertiary/aromatic N) is 1. The third-order valence-corrected chi connectivity index (χ3v) is 3.17. The minimum Gasteiger partial charge on any atom is -1.00 e. The Morgan fingerprint density at radius 1 is 0.826 bits per heavy atom. The fraction of sp³-hybridized carbons (Fsp3) is 0.368. The van der Waals surface area contributed by atoms with Crippen LogP contribution in [0.5, 0.6) is 0 Å². The first-order valence-electron chi connectivity index (χ1n) is 7.58.